The molecule has 1 fully saturated rings. The lowest BCUT2D eigenvalue weighted by Crippen LogP contribution is -2.55. The van der Waals surface area contributed by atoms with Crippen LogP contribution >= 0.6 is 15.9 Å². The maximum absolute atomic E-state index is 16.8. The van der Waals surface area contributed by atoms with E-state index in [4.69, 9.17) is 9.47 Å². The third-order valence-corrected chi connectivity index (χ3v) is 19.3. The third kappa shape index (κ3) is 8.70. The van der Waals surface area contributed by atoms with Crippen LogP contribution in [0.4, 0.5) is 4.39 Å². The zero-order valence-electron chi connectivity index (χ0n) is 26.8. The van der Waals surface area contributed by atoms with Crippen LogP contribution in [0.3, 0.4) is 0 Å². The Morgan fingerprint density at radius 1 is 1.24 bits per heavy atom. The van der Waals surface area contributed by atoms with Gasteiger partial charge in [0.1, 0.15) is 15.2 Å². The van der Waals surface area contributed by atoms with Gasteiger partial charge in [0.05, 0.1) is 69.7 Å². The van der Waals surface area contributed by atoms with Crippen molar-refractivity contribution in [1.29, 1.82) is 5.26 Å². The van der Waals surface area contributed by atoms with Crippen molar-refractivity contribution in [2.75, 3.05) is 25.5 Å². The van der Waals surface area contributed by atoms with Gasteiger partial charge in [-0.1, -0.05) is 38.9 Å². The molecule has 0 bridgehead atoms. The van der Waals surface area contributed by atoms with Crippen LogP contribution in [0.1, 0.15) is 87.3 Å². The number of hydrogen-bond acceptors (Lipinski definition) is 7. The Bertz CT molecular complexity index is 1260. The second-order valence-electron chi connectivity index (χ2n) is 12.7. The molecule has 0 spiro atoms. The first-order chi connectivity index (χ1) is 19.4. The van der Waals surface area contributed by atoms with Crippen LogP contribution < -0.4 is 9.91 Å². The minimum absolute atomic E-state index is 0.0280. The average molecular weight is 710 g/mol. The summed E-state index contributed by atoms with van der Waals surface area (Å²) in [7, 11) is -7.28. The molecule has 2 rings (SSSR count). The molecule has 0 aliphatic carbocycles. The van der Waals surface area contributed by atoms with E-state index in [1.165, 1.54) is 0 Å². The normalized spacial score (nSPS) is 20.3. The third-order valence-electron chi connectivity index (χ3n) is 8.31. The van der Waals surface area contributed by atoms with Crippen LogP contribution in [-0.4, -0.2) is 62.8 Å². The van der Waals surface area contributed by atoms with E-state index in [-0.39, 0.29) is 30.9 Å². The molecule has 0 aromatic carbocycles. The first kappa shape index (κ1) is 37.4. The van der Waals surface area contributed by atoms with Gasteiger partial charge in [0.25, 0.3) is 0 Å². The number of nitrogens with zero attached hydrogens (tertiary/aromatic N) is 3. The molecule has 2 heterocycles. The molecule has 1 saturated heterocycles. The first-order valence-corrected chi connectivity index (χ1v) is 21.1. The summed E-state index contributed by atoms with van der Waals surface area (Å²) in [6.07, 6.45) is 2.47. The van der Waals surface area contributed by atoms with Crippen molar-refractivity contribution in [3.05, 3.63) is 22.2 Å². The molecular formula is C29H50BrFN4O4S2Si. The highest BCUT2D eigenvalue weighted by atomic mass is 79.9. The molecule has 0 radical (unpaired) electrons. The SMILES string of the molecule is CC[Si](CC)(CC)c1cc(Br)nc([C@](C)(CS(=O)(=NCCOC2CCCCO2)C(C)(C)C#N)NS(=O)C(C)(C)C)c1F. The maximum atomic E-state index is 16.8. The Labute approximate surface area is 265 Å². The minimum atomic E-state index is -3.38. The highest BCUT2D eigenvalue weighted by molar-refractivity contribution is 9.10. The van der Waals surface area contributed by atoms with Crippen LogP contribution in [0, 0.1) is 17.1 Å². The molecule has 4 atom stereocenters. The van der Waals surface area contributed by atoms with Crippen molar-refractivity contribution in [1.82, 2.24) is 9.71 Å². The van der Waals surface area contributed by atoms with E-state index in [9.17, 15) is 13.7 Å². The van der Waals surface area contributed by atoms with Gasteiger partial charge in [-0.15, -0.1) is 0 Å². The fourth-order valence-electron chi connectivity index (χ4n) is 5.14. The number of ether oxygens (including phenoxy) is 2. The van der Waals surface area contributed by atoms with Crippen molar-refractivity contribution in [2.24, 2.45) is 4.36 Å². The van der Waals surface area contributed by atoms with Crippen molar-refractivity contribution in [3.63, 3.8) is 0 Å². The monoisotopic (exact) mass is 708 g/mol. The lowest BCUT2D eigenvalue weighted by atomic mass is 10.0. The number of pyridine rings is 1. The van der Waals surface area contributed by atoms with Gasteiger partial charge < -0.3 is 9.47 Å². The highest BCUT2D eigenvalue weighted by Crippen LogP contribution is 2.34. The Morgan fingerprint density at radius 2 is 1.86 bits per heavy atom. The van der Waals surface area contributed by atoms with Gasteiger partial charge in [-0.05, 0) is 88.0 Å². The molecule has 0 amide bonds. The van der Waals surface area contributed by atoms with Gasteiger partial charge in [-0.25, -0.2) is 26.9 Å². The number of nitriles is 1. The molecule has 8 nitrogen and oxygen atoms in total. The zero-order valence-corrected chi connectivity index (χ0v) is 31.0. The van der Waals surface area contributed by atoms with Crippen LogP contribution in [0.2, 0.25) is 18.1 Å². The summed E-state index contributed by atoms with van der Waals surface area (Å²) in [6, 6.07) is 6.49. The van der Waals surface area contributed by atoms with Crippen molar-refractivity contribution < 1.29 is 22.3 Å². The van der Waals surface area contributed by atoms with Gasteiger partial charge in [-0.3, -0.25) is 0 Å². The fraction of sp³-hybridized carbons (Fsp3) is 0.793. The quantitative estimate of drug-likeness (QED) is 0.138. The van der Waals surface area contributed by atoms with E-state index >= 15 is 4.39 Å². The molecule has 1 aliphatic rings. The number of hydrogen-bond donors (Lipinski definition) is 1. The molecule has 1 aromatic rings. The van der Waals surface area contributed by atoms with Gasteiger partial charge in [0.2, 0.25) is 0 Å². The molecule has 0 saturated carbocycles. The Hall–Kier alpha value is -0.753. The first-order valence-electron chi connectivity index (χ1n) is 14.9. The lowest BCUT2D eigenvalue weighted by molar-refractivity contribution is -0.160. The van der Waals surface area contributed by atoms with Gasteiger partial charge in [-0.2, -0.15) is 5.26 Å². The van der Waals surface area contributed by atoms with Crippen molar-refractivity contribution in [3.8, 4) is 6.07 Å². The molecule has 240 valence electrons. The summed E-state index contributed by atoms with van der Waals surface area (Å²) in [5, 5.41) is 10.7. The van der Waals surface area contributed by atoms with E-state index in [0.717, 1.165) is 37.4 Å². The van der Waals surface area contributed by atoms with E-state index in [0.29, 0.717) is 16.4 Å². The van der Waals surface area contributed by atoms with Crippen LogP contribution in [0.25, 0.3) is 0 Å². The smallest absolute Gasteiger partial charge is 0.157 e. The minimum Gasteiger partial charge on any atom is -0.353 e. The Balaban J connectivity index is 2.71. The molecule has 1 aliphatic heterocycles. The maximum Gasteiger partial charge on any atom is 0.157 e. The largest absolute Gasteiger partial charge is 0.353 e. The van der Waals surface area contributed by atoms with E-state index < -0.39 is 49.6 Å². The predicted octanol–water partition coefficient (Wildman–Crippen LogP) is 6.28. The standard InChI is InChI=1S/C29H50BrFN4O4S2Si/c1-10-42(11-2,12-3)22-19-23(30)34-26(25(22)31)29(9,35-40(36)27(4,5)6)21-41(37,28(7,8)20-32)33-16-18-39-24-15-13-14-17-38-24/h19,24,35H,10-18,21H2,1-9H3/t24?,29-,40?,41?/m0/s1. The Morgan fingerprint density at radius 3 is 2.36 bits per heavy atom. The summed E-state index contributed by atoms with van der Waals surface area (Å²) in [6.45, 7) is 17.4. The summed E-state index contributed by atoms with van der Waals surface area (Å²) < 4.78 is 62.6. The second-order valence-corrected chi connectivity index (χ2v) is 23.6. The average Bonchev–Trinajstić information content (AvgIpc) is 2.93. The van der Waals surface area contributed by atoms with E-state index in [1.807, 2.05) is 0 Å². The van der Waals surface area contributed by atoms with Crippen molar-refractivity contribution >= 4 is 49.9 Å². The number of rotatable bonds is 14. The number of halogens is 2. The molecule has 3 unspecified atom stereocenters. The molecule has 13 heteroatoms. The highest BCUT2D eigenvalue weighted by Gasteiger charge is 2.46. The summed E-state index contributed by atoms with van der Waals surface area (Å²) in [4.78, 5) is 4.58. The Kier molecular flexibility index (Phi) is 13.4. The topological polar surface area (TPSA) is 114 Å². The van der Waals surface area contributed by atoms with Gasteiger partial charge in [0.15, 0.2) is 6.29 Å². The van der Waals surface area contributed by atoms with E-state index in [1.54, 1.807) is 47.6 Å². The van der Waals surface area contributed by atoms with Gasteiger partial charge >= 0.3 is 0 Å². The zero-order chi connectivity index (χ0) is 32.0. The second kappa shape index (κ2) is 15.0. The van der Waals surface area contributed by atoms with Crippen LogP contribution in [-0.2, 0) is 35.7 Å². The molecule has 1 N–H and O–H groups in total. The van der Waals surface area contributed by atoms with E-state index in [2.05, 4.69) is 56.8 Å². The predicted molar refractivity (Wildman–Crippen MR) is 177 cm³/mol. The van der Waals surface area contributed by atoms with Crippen LogP contribution in [0.15, 0.2) is 15.0 Å². The number of aromatic nitrogens is 1. The summed E-state index contributed by atoms with van der Waals surface area (Å²) in [5.74, 6) is -0.744. The lowest BCUT2D eigenvalue weighted by Gasteiger charge is -2.37. The van der Waals surface area contributed by atoms with Gasteiger partial charge in [0, 0.05) is 6.61 Å². The number of nitrogens with one attached hydrogen (secondary N) is 1. The molecular weight excluding hydrogens is 659 g/mol. The fourth-order valence-corrected chi connectivity index (χ4v) is 12.7. The summed E-state index contributed by atoms with van der Waals surface area (Å²) >= 11 is 3.51. The summed E-state index contributed by atoms with van der Waals surface area (Å²) in [5.41, 5.74) is -1.46. The van der Waals surface area contributed by atoms with Crippen molar-refractivity contribution in [2.45, 2.75) is 121 Å². The van der Waals surface area contributed by atoms with Crippen LogP contribution in [0.5, 0.6) is 0 Å². The molecule has 42 heavy (non-hydrogen) atoms. The molecule has 1 aromatic heterocycles.